The van der Waals surface area contributed by atoms with Gasteiger partial charge in [-0.05, 0) is 43.9 Å². The summed E-state index contributed by atoms with van der Waals surface area (Å²) in [4.78, 5) is 14.3. The third kappa shape index (κ3) is 2.67. The highest BCUT2D eigenvalue weighted by Gasteiger charge is 2.24. The maximum absolute atomic E-state index is 12.4. The number of hydrogen-bond donors (Lipinski definition) is 1. The molecule has 1 aliphatic heterocycles. The highest BCUT2D eigenvalue weighted by Crippen LogP contribution is 2.19. The zero-order valence-corrected chi connectivity index (χ0v) is 10.4. The molecule has 0 unspecified atom stereocenters. The fourth-order valence-corrected chi connectivity index (χ4v) is 2.43. The number of benzene rings is 1. The summed E-state index contributed by atoms with van der Waals surface area (Å²) in [6, 6.07) is 7.77. The zero-order valence-electron chi connectivity index (χ0n) is 10.4. The second-order valence-corrected chi connectivity index (χ2v) is 4.81. The maximum Gasteiger partial charge on any atom is 0.254 e. The van der Waals surface area contributed by atoms with Crippen LogP contribution in [0.4, 0.5) is 0 Å². The molecule has 0 aliphatic carbocycles. The molecule has 1 saturated heterocycles. The van der Waals surface area contributed by atoms with E-state index < -0.39 is 0 Å². The molecular formula is C14H20N2O. The monoisotopic (exact) mass is 232 g/mol. The van der Waals surface area contributed by atoms with Gasteiger partial charge in [-0.15, -0.1) is 0 Å². The summed E-state index contributed by atoms with van der Waals surface area (Å²) in [6.45, 7) is 4.34. The SMILES string of the molecule is Cc1ccccc1C(=O)N1CCC[C@@H](CN)C1. The smallest absolute Gasteiger partial charge is 0.254 e. The van der Waals surface area contributed by atoms with Crippen LogP contribution in [0.15, 0.2) is 24.3 Å². The first-order chi connectivity index (χ1) is 8.22. The first-order valence-corrected chi connectivity index (χ1v) is 6.27. The number of nitrogens with two attached hydrogens (primary N) is 1. The van der Waals surface area contributed by atoms with Crippen molar-refractivity contribution in [1.82, 2.24) is 4.90 Å². The van der Waals surface area contributed by atoms with Crippen LogP contribution >= 0.6 is 0 Å². The number of likely N-dealkylation sites (tertiary alicyclic amines) is 1. The van der Waals surface area contributed by atoms with E-state index in [1.54, 1.807) is 0 Å². The second kappa shape index (κ2) is 5.32. The van der Waals surface area contributed by atoms with Gasteiger partial charge in [0, 0.05) is 18.7 Å². The molecule has 1 aromatic carbocycles. The summed E-state index contributed by atoms with van der Waals surface area (Å²) in [5.41, 5.74) is 7.57. The molecule has 0 saturated carbocycles. The second-order valence-electron chi connectivity index (χ2n) is 4.81. The molecule has 17 heavy (non-hydrogen) atoms. The van der Waals surface area contributed by atoms with Crippen LogP contribution in [0.1, 0.15) is 28.8 Å². The lowest BCUT2D eigenvalue weighted by atomic mass is 9.97. The first kappa shape index (κ1) is 12.1. The largest absolute Gasteiger partial charge is 0.338 e. The standard InChI is InChI=1S/C14H20N2O/c1-11-5-2-3-7-13(11)14(17)16-8-4-6-12(9-15)10-16/h2-3,5,7,12H,4,6,8-10,15H2,1H3/t12-/m0/s1. The zero-order chi connectivity index (χ0) is 12.3. The summed E-state index contributed by atoms with van der Waals surface area (Å²) in [5, 5.41) is 0. The normalized spacial score (nSPS) is 20.4. The Morgan fingerprint density at radius 2 is 2.24 bits per heavy atom. The van der Waals surface area contributed by atoms with Gasteiger partial charge in [-0.1, -0.05) is 18.2 Å². The summed E-state index contributed by atoms with van der Waals surface area (Å²) in [6.07, 6.45) is 2.22. The van der Waals surface area contributed by atoms with Crippen molar-refractivity contribution >= 4 is 5.91 Å². The van der Waals surface area contributed by atoms with Crippen LogP contribution < -0.4 is 5.73 Å². The van der Waals surface area contributed by atoms with Gasteiger partial charge in [0.2, 0.25) is 0 Å². The van der Waals surface area contributed by atoms with Gasteiger partial charge in [-0.2, -0.15) is 0 Å². The van der Waals surface area contributed by atoms with Gasteiger partial charge in [-0.3, -0.25) is 4.79 Å². The molecule has 1 aliphatic rings. The summed E-state index contributed by atoms with van der Waals surface area (Å²) < 4.78 is 0. The molecule has 92 valence electrons. The Labute approximate surface area is 103 Å². The van der Waals surface area contributed by atoms with Crippen molar-refractivity contribution in [3.63, 3.8) is 0 Å². The van der Waals surface area contributed by atoms with E-state index in [0.717, 1.165) is 37.1 Å². The van der Waals surface area contributed by atoms with Crippen molar-refractivity contribution in [3.05, 3.63) is 35.4 Å². The minimum atomic E-state index is 0.154. The summed E-state index contributed by atoms with van der Waals surface area (Å²) in [5.74, 6) is 0.623. The van der Waals surface area contributed by atoms with Crippen molar-refractivity contribution in [2.45, 2.75) is 19.8 Å². The molecule has 1 amide bonds. The van der Waals surface area contributed by atoms with E-state index >= 15 is 0 Å². The molecule has 0 aromatic heterocycles. The van der Waals surface area contributed by atoms with Crippen molar-refractivity contribution in [3.8, 4) is 0 Å². The highest BCUT2D eigenvalue weighted by atomic mass is 16.2. The van der Waals surface area contributed by atoms with Gasteiger partial charge in [-0.25, -0.2) is 0 Å². The van der Waals surface area contributed by atoms with Crippen LogP contribution in [0.2, 0.25) is 0 Å². The fourth-order valence-electron chi connectivity index (χ4n) is 2.43. The van der Waals surface area contributed by atoms with E-state index in [0.29, 0.717) is 12.5 Å². The van der Waals surface area contributed by atoms with Gasteiger partial charge in [0.05, 0.1) is 0 Å². The van der Waals surface area contributed by atoms with Crippen molar-refractivity contribution in [2.24, 2.45) is 11.7 Å². The van der Waals surface area contributed by atoms with E-state index in [1.165, 1.54) is 0 Å². The Morgan fingerprint density at radius 3 is 2.94 bits per heavy atom. The number of rotatable bonds is 2. The number of carbonyl (C=O) groups is 1. The number of piperidine rings is 1. The quantitative estimate of drug-likeness (QED) is 0.845. The van der Waals surface area contributed by atoms with Gasteiger partial charge in [0.15, 0.2) is 0 Å². The molecule has 0 radical (unpaired) electrons. The van der Waals surface area contributed by atoms with Crippen LogP contribution in [0, 0.1) is 12.8 Å². The molecule has 2 rings (SSSR count). The number of carbonyl (C=O) groups excluding carboxylic acids is 1. The fraction of sp³-hybridized carbons (Fsp3) is 0.500. The average Bonchev–Trinajstić information content (AvgIpc) is 2.38. The minimum absolute atomic E-state index is 0.154. The van der Waals surface area contributed by atoms with Crippen LogP contribution in [0.5, 0.6) is 0 Å². The summed E-state index contributed by atoms with van der Waals surface area (Å²) in [7, 11) is 0. The van der Waals surface area contributed by atoms with Crippen LogP contribution in [-0.4, -0.2) is 30.4 Å². The Bertz CT molecular complexity index is 403. The third-order valence-corrected chi connectivity index (χ3v) is 3.52. The number of hydrogen-bond acceptors (Lipinski definition) is 2. The minimum Gasteiger partial charge on any atom is -0.338 e. The molecule has 3 heteroatoms. The molecule has 3 nitrogen and oxygen atoms in total. The molecule has 0 spiro atoms. The van der Waals surface area contributed by atoms with Crippen molar-refractivity contribution in [2.75, 3.05) is 19.6 Å². The molecule has 0 bridgehead atoms. The van der Waals surface area contributed by atoms with E-state index in [4.69, 9.17) is 5.73 Å². The number of nitrogens with zero attached hydrogens (tertiary/aromatic N) is 1. The maximum atomic E-state index is 12.4. The van der Waals surface area contributed by atoms with Crippen molar-refractivity contribution < 1.29 is 4.79 Å². The van der Waals surface area contributed by atoms with E-state index in [1.807, 2.05) is 36.1 Å². The van der Waals surface area contributed by atoms with E-state index in [9.17, 15) is 4.79 Å². The lowest BCUT2D eigenvalue weighted by Crippen LogP contribution is -2.42. The molecule has 1 heterocycles. The van der Waals surface area contributed by atoms with Crippen LogP contribution in [-0.2, 0) is 0 Å². The Balaban J connectivity index is 2.12. The van der Waals surface area contributed by atoms with Gasteiger partial charge >= 0.3 is 0 Å². The molecule has 1 aromatic rings. The molecule has 2 N–H and O–H groups in total. The van der Waals surface area contributed by atoms with Crippen LogP contribution in [0.3, 0.4) is 0 Å². The Kier molecular flexibility index (Phi) is 3.79. The lowest BCUT2D eigenvalue weighted by Gasteiger charge is -2.32. The highest BCUT2D eigenvalue weighted by molar-refractivity contribution is 5.95. The topological polar surface area (TPSA) is 46.3 Å². The van der Waals surface area contributed by atoms with Gasteiger partial charge in [0.25, 0.3) is 5.91 Å². The molecule has 1 atom stereocenters. The van der Waals surface area contributed by atoms with E-state index in [2.05, 4.69) is 0 Å². The average molecular weight is 232 g/mol. The summed E-state index contributed by atoms with van der Waals surface area (Å²) >= 11 is 0. The van der Waals surface area contributed by atoms with Gasteiger partial charge in [0.1, 0.15) is 0 Å². The predicted octanol–water partition coefficient (Wildman–Crippen LogP) is 1.81. The lowest BCUT2D eigenvalue weighted by molar-refractivity contribution is 0.0677. The number of aryl methyl sites for hydroxylation is 1. The van der Waals surface area contributed by atoms with Gasteiger partial charge < -0.3 is 10.6 Å². The van der Waals surface area contributed by atoms with E-state index in [-0.39, 0.29) is 5.91 Å². The predicted molar refractivity (Wildman–Crippen MR) is 68.9 cm³/mol. The van der Waals surface area contributed by atoms with Crippen molar-refractivity contribution in [1.29, 1.82) is 0 Å². The Morgan fingerprint density at radius 1 is 1.47 bits per heavy atom. The van der Waals surface area contributed by atoms with Crippen LogP contribution in [0.25, 0.3) is 0 Å². The molecular weight excluding hydrogens is 212 g/mol. The Hall–Kier alpha value is -1.35. The number of amides is 1. The first-order valence-electron chi connectivity index (χ1n) is 6.27. The third-order valence-electron chi connectivity index (χ3n) is 3.52. The molecule has 1 fully saturated rings.